The molecule has 3 unspecified atom stereocenters. The van der Waals surface area contributed by atoms with Gasteiger partial charge in [-0.25, -0.2) is 4.68 Å². The van der Waals surface area contributed by atoms with Crippen LogP contribution in [0.2, 0.25) is 0 Å². The van der Waals surface area contributed by atoms with Crippen LogP contribution in [0.25, 0.3) is 5.69 Å². The van der Waals surface area contributed by atoms with E-state index < -0.39 is 0 Å². The highest BCUT2D eigenvalue weighted by Gasteiger charge is 2.56. The summed E-state index contributed by atoms with van der Waals surface area (Å²) in [6.07, 6.45) is 5.62. The van der Waals surface area contributed by atoms with E-state index in [-0.39, 0.29) is 17.9 Å². The average molecular weight is 296 g/mol. The number of benzene rings is 1. The molecule has 3 atom stereocenters. The summed E-state index contributed by atoms with van der Waals surface area (Å²) < 4.78 is 1.74. The summed E-state index contributed by atoms with van der Waals surface area (Å²) in [6.45, 7) is 1.97. The maximum atomic E-state index is 12.3. The van der Waals surface area contributed by atoms with Gasteiger partial charge in [-0.1, -0.05) is 29.8 Å². The molecule has 2 aromatic rings. The van der Waals surface area contributed by atoms with E-state index in [1.54, 1.807) is 4.68 Å². The molecule has 22 heavy (non-hydrogen) atoms. The van der Waals surface area contributed by atoms with Gasteiger partial charge in [-0.05, 0) is 43.7 Å². The molecule has 1 heterocycles. The van der Waals surface area contributed by atoms with Gasteiger partial charge < -0.3 is 5.32 Å². The van der Waals surface area contributed by atoms with Gasteiger partial charge in [0.25, 0.3) is 0 Å². The Kier molecular flexibility index (Phi) is 3.21. The summed E-state index contributed by atoms with van der Waals surface area (Å²) >= 11 is 0. The molecule has 2 aliphatic carbocycles. The van der Waals surface area contributed by atoms with Crippen LogP contribution < -0.4 is 5.32 Å². The van der Waals surface area contributed by atoms with Gasteiger partial charge in [-0.3, -0.25) is 4.79 Å². The molecule has 1 aromatic heterocycles. The number of hydrogen-bond acceptors (Lipinski definition) is 3. The second-order valence-electron chi connectivity index (χ2n) is 6.44. The zero-order valence-corrected chi connectivity index (χ0v) is 12.6. The smallest absolute Gasteiger partial charge is 0.224 e. The normalized spacial score (nSPS) is 27.2. The minimum absolute atomic E-state index is 0.105. The summed E-state index contributed by atoms with van der Waals surface area (Å²) in [5.41, 5.74) is 1.76. The number of amides is 1. The van der Waals surface area contributed by atoms with Crippen molar-refractivity contribution in [2.45, 2.75) is 32.2 Å². The van der Waals surface area contributed by atoms with E-state index in [1.807, 2.05) is 43.5 Å². The standard InChI is InChI=1S/C17H20N4O/c1-11(18-17(22)16-13-8-5-9-14(13)16)15-10-21(20-19-15)12-6-3-2-4-7-12/h2-4,6-7,10-11,13-14,16H,5,8-9H2,1H3,(H,18,22). The van der Waals surface area contributed by atoms with Crippen LogP contribution >= 0.6 is 0 Å². The fraction of sp³-hybridized carbons (Fsp3) is 0.471. The van der Waals surface area contributed by atoms with E-state index in [1.165, 1.54) is 19.3 Å². The Morgan fingerprint density at radius 1 is 1.27 bits per heavy atom. The lowest BCUT2D eigenvalue weighted by Crippen LogP contribution is -2.29. The Morgan fingerprint density at radius 2 is 2.00 bits per heavy atom. The minimum atomic E-state index is -0.105. The second-order valence-corrected chi connectivity index (χ2v) is 6.44. The van der Waals surface area contributed by atoms with Crippen molar-refractivity contribution in [3.8, 4) is 5.69 Å². The summed E-state index contributed by atoms with van der Waals surface area (Å²) in [7, 11) is 0. The number of nitrogens with one attached hydrogen (secondary N) is 1. The predicted molar refractivity (Wildman–Crippen MR) is 82.2 cm³/mol. The third-order valence-corrected chi connectivity index (χ3v) is 5.04. The van der Waals surface area contributed by atoms with Crippen LogP contribution in [0.5, 0.6) is 0 Å². The van der Waals surface area contributed by atoms with Crippen molar-refractivity contribution < 1.29 is 4.79 Å². The van der Waals surface area contributed by atoms with Gasteiger partial charge >= 0.3 is 0 Å². The maximum absolute atomic E-state index is 12.3. The van der Waals surface area contributed by atoms with Gasteiger partial charge in [0.15, 0.2) is 0 Å². The van der Waals surface area contributed by atoms with Crippen LogP contribution in [-0.2, 0) is 4.79 Å². The van der Waals surface area contributed by atoms with Crippen molar-refractivity contribution in [2.24, 2.45) is 17.8 Å². The summed E-state index contributed by atoms with van der Waals surface area (Å²) in [5.74, 6) is 1.73. The molecule has 0 bridgehead atoms. The third kappa shape index (κ3) is 2.30. The zero-order valence-electron chi connectivity index (χ0n) is 12.6. The first kappa shape index (κ1) is 13.5. The van der Waals surface area contributed by atoms with Crippen molar-refractivity contribution in [2.75, 3.05) is 0 Å². The molecule has 0 spiro atoms. The Bertz CT molecular complexity index is 671. The van der Waals surface area contributed by atoms with E-state index >= 15 is 0 Å². The number of hydrogen-bond donors (Lipinski definition) is 1. The van der Waals surface area contributed by atoms with E-state index in [9.17, 15) is 4.79 Å². The maximum Gasteiger partial charge on any atom is 0.224 e. The highest BCUT2D eigenvalue weighted by atomic mass is 16.2. The highest BCUT2D eigenvalue weighted by molar-refractivity contribution is 5.82. The molecule has 2 aliphatic rings. The van der Waals surface area contributed by atoms with Crippen LogP contribution in [0.1, 0.15) is 37.9 Å². The Balaban J connectivity index is 1.42. The first-order valence-corrected chi connectivity index (χ1v) is 8.02. The first-order chi connectivity index (χ1) is 10.7. The average Bonchev–Trinajstić information content (AvgIpc) is 2.95. The molecular formula is C17H20N4O. The lowest BCUT2D eigenvalue weighted by molar-refractivity contribution is -0.123. The third-order valence-electron chi connectivity index (χ3n) is 5.04. The number of para-hydroxylation sites is 1. The van der Waals surface area contributed by atoms with Crippen LogP contribution in [0.15, 0.2) is 36.5 Å². The molecule has 0 saturated heterocycles. The molecule has 5 heteroatoms. The largest absolute Gasteiger partial charge is 0.348 e. The highest BCUT2D eigenvalue weighted by Crippen LogP contribution is 2.57. The van der Waals surface area contributed by atoms with Gasteiger partial charge in [0.05, 0.1) is 17.9 Å². The summed E-state index contributed by atoms with van der Waals surface area (Å²) in [6, 6.07) is 9.75. The fourth-order valence-corrected chi connectivity index (χ4v) is 3.78. The molecule has 0 aliphatic heterocycles. The number of carbonyl (C=O) groups is 1. The number of aromatic nitrogens is 3. The monoisotopic (exact) mass is 296 g/mol. The lowest BCUT2D eigenvalue weighted by atomic mass is 10.1. The van der Waals surface area contributed by atoms with Crippen LogP contribution in [0.4, 0.5) is 0 Å². The Morgan fingerprint density at radius 3 is 2.73 bits per heavy atom. The fourth-order valence-electron chi connectivity index (χ4n) is 3.78. The quantitative estimate of drug-likeness (QED) is 0.943. The van der Waals surface area contributed by atoms with E-state index in [0.29, 0.717) is 11.8 Å². The van der Waals surface area contributed by atoms with Gasteiger partial charge in [-0.2, -0.15) is 0 Å². The summed E-state index contributed by atoms with van der Waals surface area (Å²) in [5, 5.41) is 11.4. The number of carbonyl (C=O) groups excluding carboxylic acids is 1. The molecule has 0 radical (unpaired) electrons. The van der Waals surface area contributed by atoms with Crippen molar-refractivity contribution in [3.05, 3.63) is 42.2 Å². The SMILES string of the molecule is CC(NC(=O)C1C2CCCC21)c1cn(-c2ccccc2)nn1. The van der Waals surface area contributed by atoms with Gasteiger partial charge in [0, 0.05) is 5.92 Å². The second kappa shape index (κ2) is 5.23. The number of rotatable bonds is 4. The van der Waals surface area contributed by atoms with E-state index in [2.05, 4.69) is 15.6 Å². The summed E-state index contributed by atoms with van der Waals surface area (Å²) in [4.78, 5) is 12.3. The van der Waals surface area contributed by atoms with Crippen LogP contribution in [-0.4, -0.2) is 20.9 Å². The van der Waals surface area contributed by atoms with E-state index in [0.717, 1.165) is 11.4 Å². The van der Waals surface area contributed by atoms with Gasteiger partial charge in [0.2, 0.25) is 5.91 Å². The van der Waals surface area contributed by atoms with E-state index in [4.69, 9.17) is 0 Å². The van der Waals surface area contributed by atoms with Crippen LogP contribution in [0, 0.1) is 17.8 Å². The molecule has 1 amide bonds. The number of fused-ring (bicyclic) bond motifs is 1. The molecule has 114 valence electrons. The molecule has 5 nitrogen and oxygen atoms in total. The van der Waals surface area contributed by atoms with Crippen molar-refractivity contribution in [1.82, 2.24) is 20.3 Å². The molecule has 1 aromatic carbocycles. The van der Waals surface area contributed by atoms with Gasteiger partial charge in [-0.15, -0.1) is 5.10 Å². The Hall–Kier alpha value is -2.17. The lowest BCUT2D eigenvalue weighted by Gasteiger charge is -2.11. The topological polar surface area (TPSA) is 59.8 Å². The Labute approximate surface area is 129 Å². The minimum Gasteiger partial charge on any atom is -0.348 e. The zero-order chi connectivity index (χ0) is 15.1. The van der Waals surface area contributed by atoms with Crippen molar-refractivity contribution >= 4 is 5.91 Å². The number of nitrogens with zero attached hydrogens (tertiary/aromatic N) is 3. The first-order valence-electron chi connectivity index (χ1n) is 8.02. The van der Waals surface area contributed by atoms with Crippen LogP contribution in [0.3, 0.4) is 0 Å². The van der Waals surface area contributed by atoms with Crippen molar-refractivity contribution in [3.63, 3.8) is 0 Å². The molecule has 1 N–H and O–H groups in total. The van der Waals surface area contributed by atoms with Crippen molar-refractivity contribution in [1.29, 1.82) is 0 Å². The molecule has 2 fully saturated rings. The van der Waals surface area contributed by atoms with Gasteiger partial charge in [0.1, 0.15) is 5.69 Å². The molecule has 2 saturated carbocycles. The molecule has 4 rings (SSSR count). The molecular weight excluding hydrogens is 276 g/mol. The predicted octanol–water partition coefficient (Wildman–Crippen LogP) is 2.49.